The van der Waals surface area contributed by atoms with Crippen molar-refractivity contribution in [2.24, 2.45) is 5.92 Å². The normalized spacial score (nSPS) is 15.8. The third-order valence-electron chi connectivity index (χ3n) is 5.09. The van der Waals surface area contributed by atoms with Crippen LogP contribution in [0.4, 0.5) is 11.4 Å². The molecule has 2 heterocycles. The standard InChI is InChI=1S/C22H29N3O2S/c1-16(2)20(24-21(26)19-8-7-15-28-19)22(27)23-17-9-11-18(12-10-17)25-13-5-3-4-6-14-25/h7-12,15-16,20H,3-6,13-14H2,1-2H3,(H,23,27)(H,24,26). The Balaban J connectivity index is 1.62. The highest BCUT2D eigenvalue weighted by atomic mass is 32.1. The summed E-state index contributed by atoms with van der Waals surface area (Å²) in [5, 5.41) is 7.66. The van der Waals surface area contributed by atoms with Gasteiger partial charge in [-0.3, -0.25) is 9.59 Å². The summed E-state index contributed by atoms with van der Waals surface area (Å²) in [5.74, 6) is -0.414. The van der Waals surface area contributed by atoms with Crippen LogP contribution in [0, 0.1) is 5.92 Å². The predicted octanol–water partition coefficient (Wildman–Crippen LogP) is 4.52. The molecule has 6 heteroatoms. The SMILES string of the molecule is CC(C)C(NC(=O)c1cccs1)C(=O)Nc1ccc(N2CCCCCC2)cc1. The molecule has 3 rings (SSSR count). The molecule has 1 unspecified atom stereocenters. The molecular formula is C22H29N3O2S. The Morgan fingerprint density at radius 3 is 2.25 bits per heavy atom. The Morgan fingerprint density at radius 1 is 1.00 bits per heavy atom. The zero-order valence-electron chi connectivity index (χ0n) is 16.6. The Hall–Kier alpha value is -2.34. The number of amides is 2. The van der Waals surface area contributed by atoms with Gasteiger partial charge in [-0.05, 0) is 54.5 Å². The third kappa shape index (κ3) is 5.35. The maximum atomic E-state index is 12.8. The van der Waals surface area contributed by atoms with E-state index in [2.05, 4.69) is 27.7 Å². The molecule has 28 heavy (non-hydrogen) atoms. The van der Waals surface area contributed by atoms with E-state index in [1.54, 1.807) is 6.07 Å². The van der Waals surface area contributed by atoms with E-state index in [-0.39, 0.29) is 17.7 Å². The van der Waals surface area contributed by atoms with E-state index in [9.17, 15) is 9.59 Å². The van der Waals surface area contributed by atoms with Crippen molar-refractivity contribution in [1.82, 2.24) is 5.32 Å². The van der Waals surface area contributed by atoms with Crippen LogP contribution in [0.15, 0.2) is 41.8 Å². The quantitative estimate of drug-likeness (QED) is 0.751. The molecule has 0 radical (unpaired) electrons. The van der Waals surface area contributed by atoms with Crippen LogP contribution >= 0.6 is 11.3 Å². The zero-order chi connectivity index (χ0) is 19.9. The molecular weight excluding hydrogens is 370 g/mol. The number of thiophene rings is 1. The molecule has 1 aliphatic heterocycles. The van der Waals surface area contributed by atoms with Gasteiger partial charge in [0, 0.05) is 24.5 Å². The number of nitrogens with zero attached hydrogens (tertiary/aromatic N) is 1. The topological polar surface area (TPSA) is 61.4 Å². The highest BCUT2D eigenvalue weighted by Crippen LogP contribution is 2.22. The molecule has 0 bridgehead atoms. The third-order valence-corrected chi connectivity index (χ3v) is 5.96. The minimum Gasteiger partial charge on any atom is -0.372 e. The number of hydrogen-bond donors (Lipinski definition) is 2. The molecule has 1 atom stereocenters. The fraction of sp³-hybridized carbons (Fsp3) is 0.455. The number of hydrogen-bond acceptors (Lipinski definition) is 4. The van der Waals surface area contributed by atoms with Crippen molar-refractivity contribution in [2.45, 2.75) is 45.6 Å². The average Bonchev–Trinajstić information content (AvgIpc) is 3.09. The number of carbonyl (C=O) groups excluding carboxylic acids is 2. The van der Waals surface area contributed by atoms with Crippen LogP contribution in [0.3, 0.4) is 0 Å². The van der Waals surface area contributed by atoms with Crippen molar-refractivity contribution in [3.8, 4) is 0 Å². The number of carbonyl (C=O) groups is 2. The van der Waals surface area contributed by atoms with Gasteiger partial charge in [-0.25, -0.2) is 0 Å². The Bertz CT molecular complexity index is 764. The van der Waals surface area contributed by atoms with Gasteiger partial charge in [0.1, 0.15) is 6.04 Å². The lowest BCUT2D eigenvalue weighted by molar-refractivity contribution is -0.118. The lowest BCUT2D eigenvalue weighted by Gasteiger charge is -2.24. The maximum Gasteiger partial charge on any atom is 0.262 e. The molecule has 2 N–H and O–H groups in total. The first-order valence-corrected chi connectivity index (χ1v) is 10.9. The first-order chi connectivity index (χ1) is 13.5. The molecule has 150 valence electrons. The molecule has 1 aromatic heterocycles. The van der Waals surface area contributed by atoms with Crippen molar-refractivity contribution >= 4 is 34.5 Å². The Morgan fingerprint density at radius 2 is 1.68 bits per heavy atom. The summed E-state index contributed by atoms with van der Waals surface area (Å²) in [5.41, 5.74) is 1.95. The van der Waals surface area contributed by atoms with Crippen molar-refractivity contribution in [3.63, 3.8) is 0 Å². The lowest BCUT2D eigenvalue weighted by Crippen LogP contribution is -2.46. The van der Waals surface area contributed by atoms with Crippen LogP contribution in [0.2, 0.25) is 0 Å². The predicted molar refractivity (Wildman–Crippen MR) is 116 cm³/mol. The number of anilines is 2. The summed E-state index contributed by atoms with van der Waals surface area (Å²) in [6, 6.07) is 11.0. The first kappa shape index (κ1) is 20.4. The lowest BCUT2D eigenvalue weighted by atomic mass is 10.0. The summed E-state index contributed by atoms with van der Waals surface area (Å²) in [6.45, 7) is 6.05. The second kappa shape index (κ2) is 9.73. The maximum absolute atomic E-state index is 12.8. The first-order valence-electron chi connectivity index (χ1n) is 10.0. The second-order valence-corrected chi connectivity index (χ2v) is 8.56. The largest absolute Gasteiger partial charge is 0.372 e. The fourth-order valence-electron chi connectivity index (χ4n) is 3.46. The summed E-state index contributed by atoms with van der Waals surface area (Å²) < 4.78 is 0. The van der Waals surface area contributed by atoms with E-state index in [1.165, 1.54) is 42.7 Å². The minimum absolute atomic E-state index is 0.0136. The number of benzene rings is 1. The van der Waals surface area contributed by atoms with Crippen LogP contribution in [-0.4, -0.2) is 30.9 Å². The molecule has 0 aliphatic carbocycles. The van der Waals surface area contributed by atoms with E-state index >= 15 is 0 Å². The molecule has 1 aromatic carbocycles. The highest BCUT2D eigenvalue weighted by Gasteiger charge is 2.25. The van der Waals surface area contributed by atoms with Gasteiger partial charge in [-0.1, -0.05) is 32.8 Å². The minimum atomic E-state index is -0.583. The molecule has 2 amide bonds. The van der Waals surface area contributed by atoms with E-state index < -0.39 is 6.04 Å². The summed E-state index contributed by atoms with van der Waals surface area (Å²) in [7, 11) is 0. The highest BCUT2D eigenvalue weighted by molar-refractivity contribution is 7.12. The fourth-order valence-corrected chi connectivity index (χ4v) is 4.09. The van der Waals surface area contributed by atoms with Gasteiger partial charge in [0.15, 0.2) is 0 Å². The van der Waals surface area contributed by atoms with E-state index in [0.29, 0.717) is 4.88 Å². The second-order valence-electron chi connectivity index (χ2n) is 7.61. The summed E-state index contributed by atoms with van der Waals surface area (Å²) in [6.07, 6.45) is 5.08. The molecule has 1 saturated heterocycles. The van der Waals surface area contributed by atoms with Crippen LogP contribution in [0.25, 0.3) is 0 Å². The van der Waals surface area contributed by atoms with Gasteiger partial charge in [-0.15, -0.1) is 11.3 Å². The van der Waals surface area contributed by atoms with Crippen LogP contribution in [0.1, 0.15) is 49.2 Å². The smallest absolute Gasteiger partial charge is 0.262 e. The molecule has 5 nitrogen and oxygen atoms in total. The van der Waals surface area contributed by atoms with Gasteiger partial charge in [-0.2, -0.15) is 0 Å². The Labute approximate surface area is 171 Å². The van der Waals surface area contributed by atoms with Gasteiger partial charge in [0.2, 0.25) is 5.91 Å². The van der Waals surface area contributed by atoms with E-state index in [4.69, 9.17) is 0 Å². The van der Waals surface area contributed by atoms with E-state index in [1.807, 2.05) is 37.4 Å². The number of rotatable bonds is 6. The van der Waals surface area contributed by atoms with Crippen molar-refractivity contribution in [3.05, 3.63) is 46.7 Å². The number of nitrogens with one attached hydrogen (secondary N) is 2. The van der Waals surface area contributed by atoms with Crippen molar-refractivity contribution in [2.75, 3.05) is 23.3 Å². The van der Waals surface area contributed by atoms with Crippen LogP contribution < -0.4 is 15.5 Å². The van der Waals surface area contributed by atoms with Crippen LogP contribution in [-0.2, 0) is 4.79 Å². The summed E-state index contributed by atoms with van der Waals surface area (Å²) in [4.78, 5) is 28.1. The summed E-state index contributed by atoms with van der Waals surface area (Å²) >= 11 is 1.37. The van der Waals surface area contributed by atoms with Crippen LogP contribution in [0.5, 0.6) is 0 Å². The molecule has 0 spiro atoms. The molecule has 1 fully saturated rings. The van der Waals surface area contributed by atoms with Crippen molar-refractivity contribution < 1.29 is 9.59 Å². The van der Waals surface area contributed by atoms with Gasteiger partial charge in [0.05, 0.1) is 4.88 Å². The molecule has 1 aliphatic rings. The Kier molecular flexibility index (Phi) is 7.09. The van der Waals surface area contributed by atoms with Gasteiger partial charge >= 0.3 is 0 Å². The van der Waals surface area contributed by atoms with Crippen molar-refractivity contribution in [1.29, 1.82) is 0 Å². The molecule has 2 aromatic rings. The molecule has 0 saturated carbocycles. The van der Waals surface area contributed by atoms with E-state index in [0.717, 1.165) is 18.8 Å². The zero-order valence-corrected chi connectivity index (χ0v) is 17.4. The van der Waals surface area contributed by atoms with Gasteiger partial charge < -0.3 is 15.5 Å². The monoisotopic (exact) mass is 399 g/mol. The van der Waals surface area contributed by atoms with Gasteiger partial charge in [0.25, 0.3) is 5.91 Å². The average molecular weight is 400 g/mol.